The molecule has 0 saturated carbocycles. The van der Waals surface area contributed by atoms with Crippen molar-refractivity contribution in [3.63, 3.8) is 0 Å². The number of benzene rings is 4. The molecule has 2 aliphatic heterocycles. The highest BCUT2D eigenvalue weighted by Gasteiger charge is 2.53. The normalized spacial score (nSPS) is 14.8. The highest BCUT2D eigenvalue weighted by atomic mass is 31.2. The van der Waals surface area contributed by atoms with Crippen molar-refractivity contribution in [3.8, 4) is 50.6 Å². The van der Waals surface area contributed by atoms with Gasteiger partial charge in [0.05, 0.1) is 0 Å². The van der Waals surface area contributed by atoms with Crippen LogP contribution in [-0.2, 0) is 4.57 Å². The predicted molar refractivity (Wildman–Crippen MR) is 112 cm³/mol. The molecule has 4 nitrogen and oxygen atoms in total. The summed E-state index contributed by atoms with van der Waals surface area (Å²) in [5.74, 6) is 1.39. The van der Waals surface area contributed by atoms with Crippen molar-refractivity contribution in [3.05, 3.63) is 91.0 Å². The summed E-state index contributed by atoms with van der Waals surface area (Å²) in [5, 5.41) is 0. The molecule has 0 amide bonds. The second-order valence-corrected chi connectivity index (χ2v) is 8.37. The zero-order valence-corrected chi connectivity index (χ0v) is 16.1. The monoisotopic (exact) mass is 398 g/mol. The van der Waals surface area contributed by atoms with Gasteiger partial charge >= 0.3 is 7.82 Å². The highest BCUT2D eigenvalue weighted by molar-refractivity contribution is 7.50. The lowest BCUT2D eigenvalue weighted by Gasteiger charge is -2.22. The lowest BCUT2D eigenvalue weighted by Crippen LogP contribution is -2.02. The molecule has 0 radical (unpaired) electrons. The van der Waals surface area contributed by atoms with Crippen molar-refractivity contribution in [2.24, 2.45) is 0 Å². The summed E-state index contributed by atoms with van der Waals surface area (Å²) in [6.07, 6.45) is 0. The first-order chi connectivity index (χ1) is 14.2. The fourth-order valence-corrected chi connectivity index (χ4v) is 5.28. The van der Waals surface area contributed by atoms with Crippen LogP contribution in [0.3, 0.4) is 0 Å². The van der Waals surface area contributed by atoms with Gasteiger partial charge in [0.2, 0.25) is 5.75 Å². The molecule has 4 aromatic carbocycles. The number of rotatable bonds is 3. The third-order valence-corrected chi connectivity index (χ3v) is 6.38. The van der Waals surface area contributed by atoms with Gasteiger partial charge < -0.3 is 13.6 Å². The van der Waals surface area contributed by atoms with E-state index in [0.717, 1.165) is 33.4 Å². The fourth-order valence-electron chi connectivity index (χ4n) is 3.98. The van der Waals surface area contributed by atoms with Crippen LogP contribution in [0, 0.1) is 0 Å². The molecule has 5 heteroatoms. The number of phosphoric ester groups is 1. The summed E-state index contributed by atoms with van der Waals surface area (Å²) >= 11 is 0. The summed E-state index contributed by atoms with van der Waals surface area (Å²) in [6.45, 7) is 0. The first kappa shape index (κ1) is 16.5. The molecule has 4 aromatic rings. The molecular weight excluding hydrogens is 383 g/mol. The lowest BCUT2D eigenvalue weighted by molar-refractivity contribution is 0.355. The molecule has 2 heterocycles. The van der Waals surface area contributed by atoms with Gasteiger partial charge in [-0.05, 0) is 16.7 Å². The van der Waals surface area contributed by atoms with E-state index in [1.807, 2.05) is 78.9 Å². The number of hydrogen-bond donors (Lipinski definition) is 0. The van der Waals surface area contributed by atoms with Crippen molar-refractivity contribution < 1.29 is 18.1 Å². The lowest BCUT2D eigenvalue weighted by atomic mass is 9.86. The van der Waals surface area contributed by atoms with E-state index in [1.54, 1.807) is 0 Å². The van der Waals surface area contributed by atoms with Crippen LogP contribution < -0.4 is 13.6 Å². The van der Waals surface area contributed by atoms with E-state index >= 15 is 0 Å². The molecule has 0 atom stereocenters. The largest absolute Gasteiger partial charge is 0.647 e. The van der Waals surface area contributed by atoms with Crippen LogP contribution in [0.5, 0.6) is 17.2 Å². The maximum atomic E-state index is 12.9. The van der Waals surface area contributed by atoms with Crippen LogP contribution in [0.4, 0.5) is 0 Å². The zero-order chi connectivity index (χ0) is 19.4. The van der Waals surface area contributed by atoms with Crippen molar-refractivity contribution >= 4 is 7.82 Å². The Morgan fingerprint density at radius 2 is 0.793 bits per heavy atom. The van der Waals surface area contributed by atoms with E-state index in [1.165, 1.54) is 0 Å². The smallest absolute Gasteiger partial charge is 0.381 e. The van der Waals surface area contributed by atoms with Gasteiger partial charge in [0.15, 0.2) is 11.5 Å². The van der Waals surface area contributed by atoms with E-state index in [0.29, 0.717) is 17.2 Å². The van der Waals surface area contributed by atoms with Crippen LogP contribution >= 0.6 is 7.82 Å². The molecule has 0 aliphatic carbocycles. The summed E-state index contributed by atoms with van der Waals surface area (Å²) in [5.41, 5.74) is 5.63. The fraction of sp³-hybridized carbons (Fsp3) is 0. The number of phosphoric acid groups is 1. The third kappa shape index (κ3) is 2.43. The zero-order valence-electron chi connectivity index (χ0n) is 15.2. The molecule has 0 spiro atoms. The average Bonchev–Trinajstić information content (AvgIpc) is 3.29. The van der Waals surface area contributed by atoms with Gasteiger partial charge in [-0.2, -0.15) is 4.57 Å². The molecule has 0 unspecified atom stereocenters. The molecule has 2 bridgehead atoms. The maximum Gasteiger partial charge on any atom is 0.647 e. The Balaban J connectivity index is 1.80. The van der Waals surface area contributed by atoms with Crippen LogP contribution in [0.2, 0.25) is 0 Å². The van der Waals surface area contributed by atoms with Crippen LogP contribution in [0.15, 0.2) is 91.0 Å². The first-order valence-corrected chi connectivity index (χ1v) is 10.8. The van der Waals surface area contributed by atoms with Gasteiger partial charge in [0.1, 0.15) is 0 Å². The Hall–Kier alpha value is -3.49. The van der Waals surface area contributed by atoms with Crippen molar-refractivity contribution in [2.45, 2.75) is 0 Å². The van der Waals surface area contributed by atoms with Gasteiger partial charge in [0.25, 0.3) is 0 Å². The van der Waals surface area contributed by atoms with Gasteiger partial charge in [-0.1, -0.05) is 91.0 Å². The van der Waals surface area contributed by atoms with E-state index in [2.05, 4.69) is 12.1 Å². The molecule has 0 saturated heterocycles. The first-order valence-electron chi connectivity index (χ1n) is 9.32. The minimum atomic E-state index is -3.65. The van der Waals surface area contributed by atoms with Crippen molar-refractivity contribution in [1.82, 2.24) is 0 Å². The molecule has 0 aromatic heterocycles. The Morgan fingerprint density at radius 1 is 0.448 bits per heavy atom. The van der Waals surface area contributed by atoms with E-state index in [-0.39, 0.29) is 0 Å². The van der Waals surface area contributed by atoms with Gasteiger partial charge in [-0.3, -0.25) is 0 Å². The molecule has 0 fully saturated rings. The van der Waals surface area contributed by atoms with E-state index in [9.17, 15) is 4.57 Å². The highest BCUT2D eigenvalue weighted by Crippen LogP contribution is 2.74. The van der Waals surface area contributed by atoms with Gasteiger partial charge in [-0.15, -0.1) is 0 Å². The second-order valence-electron chi connectivity index (χ2n) is 6.93. The number of hydrogen-bond acceptors (Lipinski definition) is 4. The summed E-state index contributed by atoms with van der Waals surface area (Å²) < 4.78 is 29.9. The Kier molecular flexibility index (Phi) is 3.41. The maximum absolute atomic E-state index is 12.9. The second kappa shape index (κ2) is 6.00. The molecular formula is C24H15O4P. The quantitative estimate of drug-likeness (QED) is 0.350. The van der Waals surface area contributed by atoms with Crippen LogP contribution in [-0.4, -0.2) is 0 Å². The molecule has 6 rings (SSSR count). The predicted octanol–water partition coefficient (Wildman–Crippen LogP) is 6.96. The summed E-state index contributed by atoms with van der Waals surface area (Å²) in [6, 6.07) is 30.0. The minimum absolute atomic E-state index is 0.422. The van der Waals surface area contributed by atoms with Crippen molar-refractivity contribution in [2.75, 3.05) is 0 Å². The Labute approximate surface area is 167 Å². The molecule has 29 heavy (non-hydrogen) atoms. The summed E-state index contributed by atoms with van der Waals surface area (Å²) in [7, 11) is -3.65. The topological polar surface area (TPSA) is 44.8 Å². The van der Waals surface area contributed by atoms with E-state index < -0.39 is 7.82 Å². The van der Waals surface area contributed by atoms with Crippen LogP contribution in [0.25, 0.3) is 33.4 Å². The van der Waals surface area contributed by atoms with Crippen molar-refractivity contribution in [1.29, 1.82) is 0 Å². The minimum Gasteiger partial charge on any atom is -0.381 e. The standard InChI is InChI=1S/C24H15O4P/c25-29-26-22-20(17-12-6-2-7-13-17)19(16-10-4-1-5-11-16)21(18-14-8-3-9-15-18)23(27-29)24(22)28-29/h1-15H. The van der Waals surface area contributed by atoms with Crippen LogP contribution in [0.1, 0.15) is 0 Å². The molecule has 0 N–H and O–H groups in total. The molecule has 140 valence electrons. The Bertz CT molecular complexity index is 1210. The Morgan fingerprint density at radius 3 is 1.17 bits per heavy atom. The SMILES string of the molecule is O=P12Oc3c(c(-c4ccccc4)c(-c4ccccc4)c(-c4ccccc4)c3O1)O2. The molecule has 2 aliphatic rings. The average molecular weight is 398 g/mol. The third-order valence-electron chi connectivity index (χ3n) is 5.16. The van der Waals surface area contributed by atoms with Gasteiger partial charge in [0, 0.05) is 16.7 Å². The van der Waals surface area contributed by atoms with E-state index in [4.69, 9.17) is 13.6 Å². The summed E-state index contributed by atoms with van der Waals surface area (Å²) in [4.78, 5) is 0. The number of fused-ring (bicyclic) bond motifs is 1. The van der Waals surface area contributed by atoms with Gasteiger partial charge in [-0.25, -0.2) is 0 Å².